The first-order valence-electron chi connectivity index (χ1n) is 10.0. The molecule has 0 aromatic heterocycles. The molecule has 0 saturated heterocycles. The molecule has 0 bridgehead atoms. The Hall–Kier alpha value is -3.87. The van der Waals surface area contributed by atoms with Crippen LogP contribution in [0.25, 0.3) is 6.08 Å². The summed E-state index contributed by atoms with van der Waals surface area (Å²) in [6, 6.07) is 15.3. The minimum Gasteiger partial charge on any atom is -0.493 e. The van der Waals surface area contributed by atoms with E-state index in [1.54, 1.807) is 19.1 Å². The van der Waals surface area contributed by atoms with Crippen LogP contribution in [0, 0.1) is 12.3 Å². The van der Waals surface area contributed by atoms with Crippen molar-refractivity contribution in [1.82, 2.24) is 5.06 Å². The highest BCUT2D eigenvalue weighted by atomic mass is 16.7. The van der Waals surface area contributed by atoms with Crippen molar-refractivity contribution < 1.29 is 19.1 Å². The number of hydrogen-bond donors (Lipinski definition) is 1. The summed E-state index contributed by atoms with van der Waals surface area (Å²) in [6.07, 6.45) is 4.01. The predicted molar refractivity (Wildman–Crippen MR) is 118 cm³/mol. The SMILES string of the molecule is CC1=CC2=NC(=O)/C(=C/c3ccc(OCCCOc4ccccc4C)cc3)C(=N)N2O1. The molecule has 0 aliphatic carbocycles. The number of carbonyl (C=O) groups is 1. The largest absolute Gasteiger partial charge is 0.493 e. The van der Waals surface area contributed by atoms with Crippen molar-refractivity contribution in [2.45, 2.75) is 20.3 Å². The highest BCUT2D eigenvalue weighted by molar-refractivity contribution is 6.32. The summed E-state index contributed by atoms with van der Waals surface area (Å²) in [5.41, 5.74) is 2.06. The zero-order valence-electron chi connectivity index (χ0n) is 17.4. The van der Waals surface area contributed by atoms with Crippen molar-refractivity contribution >= 4 is 23.7 Å². The Balaban J connectivity index is 1.30. The van der Waals surface area contributed by atoms with Gasteiger partial charge in [0.2, 0.25) is 0 Å². The lowest BCUT2D eigenvalue weighted by atomic mass is 10.1. The fourth-order valence-electron chi connectivity index (χ4n) is 3.18. The topological polar surface area (TPSA) is 84.2 Å². The van der Waals surface area contributed by atoms with E-state index in [2.05, 4.69) is 4.99 Å². The third kappa shape index (κ3) is 4.66. The molecule has 2 aliphatic rings. The maximum atomic E-state index is 12.3. The molecular weight excluding hydrogens is 394 g/mol. The van der Waals surface area contributed by atoms with Gasteiger partial charge in [-0.05, 0) is 49.2 Å². The van der Waals surface area contributed by atoms with Crippen molar-refractivity contribution in [2.24, 2.45) is 4.99 Å². The summed E-state index contributed by atoms with van der Waals surface area (Å²) in [5.74, 6) is 2.05. The fraction of sp³-hybridized carbons (Fsp3) is 0.208. The van der Waals surface area contributed by atoms with Crippen molar-refractivity contribution in [2.75, 3.05) is 13.2 Å². The average Bonchev–Trinajstić information content (AvgIpc) is 3.13. The van der Waals surface area contributed by atoms with E-state index in [1.165, 1.54) is 5.06 Å². The minimum atomic E-state index is -0.459. The Morgan fingerprint density at radius 2 is 1.81 bits per heavy atom. The molecule has 0 fully saturated rings. The first-order valence-corrected chi connectivity index (χ1v) is 10.0. The van der Waals surface area contributed by atoms with E-state index >= 15 is 0 Å². The number of allylic oxidation sites excluding steroid dienone is 1. The summed E-state index contributed by atoms with van der Waals surface area (Å²) in [5, 5.41) is 9.50. The van der Waals surface area contributed by atoms with Gasteiger partial charge in [0.05, 0.1) is 18.8 Å². The minimum absolute atomic E-state index is 0.0305. The van der Waals surface area contributed by atoms with Crippen LogP contribution in [0.15, 0.2) is 70.9 Å². The molecule has 2 aromatic rings. The lowest BCUT2D eigenvalue weighted by Crippen LogP contribution is -2.38. The molecule has 7 nitrogen and oxygen atoms in total. The number of benzene rings is 2. The number of amidine groups is 2. The standard InChI is InChI=1S/C24H23N3O4/c1-16-6-3-4-7-21(16)30-13-5-12-29-19-10-8-18(9-11-19)15-20-23(25)27-22(26-24(20)28)14-17(2)31-27/h3-4,6-11,14-15,25H,5,12-13H2,1-2H3/b20-15+,25-23?. The molecule has 0 spiro atoms. The number of para-hydroxylation sites is 1. The number of hydroxylamine groups is 2. The molecular formula is C24H23N3O4. The Morgan fingerprint density at radius 1 is 1.06 bits per heavy atom. The first-order chi connectivity index (χ1) is 15.0. The molecule has 2 heterocycles. The monoisotopic (exact) mass is 417 g/mol. The molecule has 158 valence electrons. The number of ether oxygens (including phenoxy) is 2. The first kappa shape index (κ1) is 20.4. The lowest BCUT2D eigenvalue weighted by molar-refractivity contribution is -0.114. The lowest BCUT2D eigenvalue weighted by Gasteiger charge is -2.22. The predicted octanol–water partition coefficient (Wildman–Crippen LogP) is 4.29. The van der Waals surface area contributed by atoms with Crippen LogP contribution in [0.2, 0.25) is 0 Å². The number of aliphatic imine (C=N–C) groups is 1. The summed E-state index contributed by atoms with van der Waals surface area (Å²) < 4.78 is 11.5. The molecule has 31 heavy (non-hydrogen) atoms. The van der Waals surface area contributed by atoms with Gasteiger partial charge < -0.3 is 14.3 Å². The van der Waals surface area contributed by atoms with Gasteiger partial charge >= 0.3 is 0 Å². The van der Waals surface area contributed by atoms with E-state index in [0.29, 0.717) is 24.8 Å². The van der Waals surface area contributed by atoms with Crippen LogP contribution in [0.5, 0.6) is 11.5 Å². The molecule has 2 aromatic carbocycles. The van der Waals surface area contributed by atoms with Gasteiger partial charge in [-0.3, -0.25) is 10.2 Å². The summed E-state index contributed by atoms with van der Waals surface area (Å²) >= 11 is 0. The summed E-state index contributed by atoms with van der Waals surface area (Å²) in [6.45, 7) is 4.88. The van der Waals surface area contributed by atoms with Crippen LogP contribution < -0.4 is 9.47 Å². The van der Waals surface area contributed by atoms with Crippen molar-refractivity contribution in [3.63, 3.8) is 0 Å². The Kier molecular flexibility index (Phi) is 5.84. The number of hydrogen-bond acceptors (Lipinski definition) is 5. The van der Waals surface area contributed by atoms with E-state index in [-0.39, 0.29) is 11.4 Å². The van der Waals surface area contributed by atoms with Gasteiger partial charge in [0, 0.05) is 12.5 Å². The van der Waals surface area contributed by atoms with Gasteiger partial charge in [-0.1, -0.05) is 30.3 Å². The highest BCUT2D eigenvalue weighted by Gasteiger charge is 2.34. The van der Waals surface area contributed by atoms with Crippen molar-refractivity contribution in [1.29, 1.82) is 5.41 Å². The number of fused-ring (bicyclic) bond motifs is 1. The molecule has 0 atom stereocenters. The van der Waals surface area contributed by atoms with Crippen LogP contribution in [0.3, 0.4) is 0 Å². The molecule has 0 radical (unpaired) electrons. The second-order valence-electron chi connectivity index (χ2n) is 7.21. The number of nitrogens with zero attached hydrogens (tertiary/aromatic N) is 2. The van der Waals surface area contributed by atoms with Gasteiger partial charge in [0.1, 0.15) is 17.3 Å². The van der Waals surface area contributed by atoms with Crippen molar-refractivity contribution in [3.8, 4) is 11.5 Å². The third-order valence-electron chi connectivity index (χ3n) is 4.78. The molecule has 0 unspecified atom stereocenters. The molecule has 0 saturated carbocycles. The maximum Gasteiger partial charge on any atom is 0.282 e. The third-order valence-corrected chi connectivity index (χ3v) is 4.78. The second kappa shape index (κ2) is 8.87. The highest BCUT2D eigenvalue weighted by Crippen LogP contribution is 2.24. The summed E-state index contributed by atoms with van der Waals surface area (Å²) in [7, 11) is 0. The molecule has 1 amide bonds. The number of nitrogens with one attached hydrogen (secondary N) is 1. The number of amides is 1. The van der Waals surface area contributed by atoms with E-state index < -0.39 is 5.91 Å². The Labute approximate surface area is 180 Å². The maximum absolute atomic E-state index is 12.3. The Morgan fingerprint density at radius 3 is 2.58 bits per heavy atom. The van der Waals surface area contributed by atoms with E-state index in [0.717, 1.165) is 29.0 Å². The zero-order valence-corrected chi connectivity index (χ0v) is 17.4. The van der Waals surface area contributed by atoms with E-state index in [9.17, 15) is 4.79 Å². The molecule has 1 N–H and O–H groups in total. The second-order valence-corrected chi connectivity index (χ2v) is 7.21. The quantitative estimate of drug-likeness (QED) is 0.537. The van der Waals surface area contributed by atoms with Crippen molar-refractivity contribution in [3.05, 3.63) is 77.1 Å². The van der Waals surface area contributed by atoms with Gasteiger partial charge in [-0.25, -0.2) is 0 Å². The smallest absolute Gasteiger partial charge is 0.282 e. The van der Waals surface area contributed by atoms with Crippen LogP contribution in [0.1, 0.15) is 24.5 Å². The number of rotatable bonds is 7. The number of aryl methyl sites for hydroxylation is 1. The van der Waals surface area contributed by atoms with Gasteiger partial charge in [-0.15, -0.1) is 5.06 Å². The molecule has 2 aliphatic heterocycles. The van der Waals surface area contributed by atoms with Crippen LogP contribution in [-0.2, 0) is 9.63 Å². The van der Waals surface area contributed by atoms with Gasteiger partial charge in [0.15, 0.2) is 11.7 Å². The van der Waals surface area contributed by atoms with Gasteiger partial charge in [-0.2, -0.15) is 4.99 Å². The van der Waals surface area contributed by atoms with Crippen LogP contribution >= 0.6 is 0 Å². The fourth-order valence-corrected chi connectivity index (χ4v) is 3.18. The summed E-state index contributed by atoms with van der Waals surface area (Å²) in [4.78, 5) is 21.7. The normalized spacial score (nSPS) is 16.6. The molecule has 7 heteroatoms. The van der Waals surface area contributed by atoms with Gasteiger partial charge in [0.25, 0.3) is 5.91 Å². The molecule has 4 rings (SSSR count). The van der Waals surface area contributed by atoms with Crippen LogP contribution in [-0.4, -0.2) is 35.9 Å². The van der Waals surface area contributed by atoms with E-state index in [4.69, 9.17) is 19.7 Å². The average molecular weight is 417 g/mol. The van der Waals surface area contributed by atoms with Crippen LogP contribution in [0.4, 0.5) is 0 Å². The number of carbonyl (C=O) groups excluding carboxylic acids is 1. The Bertz CT molecular complexity index is 1100. The zero-order chi connectivity index (χ0) is 21.8. The van der Waals surface area contributed by atoms with E-state index in [1.807, 2.05) is 55.5 Å².